The number of amides is 1. The van der Waals surface area contributed by atoms with Gasteiger partial charge in [-0.15, -0.1) is 0 Å². The van der Waals surface area contributed by atoms with Gasteiger partial charge in [0.15, 0.2) is 0 Å². The van der Waals surface area contributed by atoms with Crippen LogP contribution in [-0.4, -0.2) is 16.9 Å². The minimum absolute atomic E-state index is 0. The van der Waals surface area contributed by atoms with Gasteiger partial charge in [-0.3, -0.25) is 0 Å². The van der Waals surface area contributed by atoms with E-state index < -0.39 is 20.6 Å². The maximum Gasteiger partial charge on any atom is -0.0149 e. The number of hydrogen-bond donors (Lipinski definition) is 1. The van der Waals surface area contributed by atoms with Crippen molar-refractivity contribution in [1.82, 2.24) is 3.26 Å². The molecular weight excluding hydrogens is 484 g/mol. The number of nitrogens with one attached hydrogen (secondary N) is 1. The van der Waals surface area contributed by atoms with Crippen molar-refractivity contribution in [3.05, 3.63) is 59.7 Å². The first kappa shape index (κ1) is 25.6. The molecule has 0 unspecified atom stereocenters. The van der Waals surface area contributed by atoms with Crippen molar-refractivity contribution in [1.29, 1.82) is 0 Å². The molecule has 0 saturated heterocycles. The Bertz CT molecular complexity index is 763. The Morgan fingerprint density at radius 3 is 1.82 bits per heavy atom. The second kappa shape index (κ2) is 10.6. The van der Waals surface area contributed by atoms with Gasteiger partial charge in [0, 0.05) is 0 Å². The summed E-state index contributed by atoms with van der Waals surface area (Å²) in [6.45, 7) is 0. The van der Waals surface area contributed by atoms with Gasteiger partial charge in [0.2, 0.25) is 0 Å². The molecule has 0 spiro atoms. The van der Waals surface area contributed by atoms with E-state index in [2.05, 4.69) is 61.1 Å². The Hall–Kier alpha value is -0.410. The molecule has 2 nitrogen and oxygen atoms in total. The Morgan fingerprint density at radius 1 is 0.857 bits per heavy atom. The van der Waals surface area contributed by atoms with Gasteiger partial charge in [-0.25, -0.2) is 0 Å². The molecule has 1 fully saturated rings. The number of rotatable bonds is 3. The summed E-state index contributed by atoms with van der Waals surface area (Å²) in [5.41, 5.74) is 5.57. The molecule has 28 heavy (non-hydrogen) atoms. The molecule has 1 N–H and O–H groups in total. The molecule has 1 saturated carbocycles. The number of carbonyl (C=O) groups is 1. The summed E-state index contributed by atoms with van der Waals surface area (Å²) in [6.07, 6.45) is 5.86. The quantitative estimate of drug-likeness (QED) is 0.479. The number of hydrogen-bond acceptors (Lipinski definition) is 1. The third kappa shape index (κ3) is 4.83. The van der Waals surface area contributed by atoms with Gasteiger partial charge in [-0.1, -0.05) is 0 Å². The number of benzene rings is 2. The van der Waals surface area contributed by atoms with Crippen LogP contribution in [0, 0.1) is 5.92 Å². The monoisotopic (exact) mass is 513 g/mol. The van der Waals surface area contributed by atoms with E-state index in [1.165, 1.54) is 41.5 Å². The molecule has 6 heteroatoms. The minimum Gasteiger partial charge on any atom is -1.00 e. The average Bonchev–Trinajstić information content (AvgIpc) is 2.97. The van der Waals surface area contributed by atoms with E-state index >= 15 is 0 Å². The molecule has 2 aromatic rings. The molecule has 2 aliphatic carbocycles. The van der Waals surface area contributed by atoms with E-state index in [9.17, 15) is 4.79 Å². The van der Waals surface area contributed by atoms with Crippen LogP contribution in [0.2, 0.25) is 9.26 Å². The fourth-order valence-electron chi connectivity index (χ4n) is 4.79. The van der Waals surface area contributed by atoms with Gasteiger partial charge >= 0.3 is 156 Å². The van der Waals surface area contributed by atoms with Gasteiger partial charge in [0.05, 0.1) is 0 Å². The van der Waals surface area contributed by atoms with Gasteiger partial charge in [0.25, 0.3) is 0 Å². The Kier molecular flexibility index (Phi) is 9.67. The zero-order valence-corrected chi connectivity index (χ0v) is 19.9. The van der Waals surface area contributed by atoms with Crippen molar-refractivity contribution in [3.63, 3.8) is 0 Å². The van der Waals surface area contributed by atoms with Crippen molar-refractivity contribution in [3.8, 4) is 11.1 Å². The van der Waals surface area contributed by atoms with Crippen LogP contribution in [-0.2, 0) is 25.4 Å². The molecule has 4 rings (SSSR count). The van der Waals surface area contributed by atoms with Gasteiger partial charge in [-0.05, 0) is 11.0 Å². The summed E-state index contributed by atoms with van der Waals surface area (Å²) in [5, 5.41) is 0. The largest absolute Gasteiger partial charge is 1.00 e. The fourth-order valence-corrected chi connectivity index (χ4v) is 12.3. The zero-order chi connectivity index (χ0) is 17.4. The summed E-state index contributed by atoms with van der Waals surface area (Å²) in [7, 11) is 0. The zero-order valence-electron chi connectivity index (χ0n) is 16.0. The Labute approximate surface area is 190 Å². The molecule has 0 aliphatic heterocycles. The van der Waals surface area contributed by atoms with E-state index in [-0.39, 0.29) is 41.7 Å². The molecule has 0 radical (unpaired) electrons. The van der Waals surface area contributed by atoms with E-state index in [1.807, 2.05) is 0 Å². The van der Waals surface area contributed by atoms with Crippen molar-refractivity contribution >= 4 is 16.9 Å². The van der Waals surface area contributed by atoms with E-state index in [0.29, 0.717) is 9.53 Å². The Balaban J connectivity index is 0.00000131. The van der Waals surface area contributed by atoms with Gasteiger partial charge in [0.1, 0.15) is 0 Å². The predicted molar refractivity (Wildman–Crippen MR) is 112 cm³/mol. The second-order valence-corrected chi connectivity index (χ2v) is 18.7. The maximum atomic E-state index is 12.9. The fraction of sp³-hybridized carbons (Fsp3) is 0.409. The normalized spacial score (nSPS) is 15.4. The van der Waals surface area contributed by atoms with Crippen molar-refractivity contribution in [2.24, 2.45) is 5.92 Å². The summed E-state index contributed by atoms with van der Waals surface area (Å²) in [5.74, 6) is 0.582. The van der Waals surface area contributed by atoms with E-state index in [4.69, 9.17) is 0 Å². The van der Waals surface area contributed by atoms with Crippen LogP contribution in [0.4, 0.5) is 0 Å². The van der Waals surface area contributed by atoms with Crippen LogP contribution < -0.4 is 28.1 Å². The maximum absolute atomic E-state index is 12.9. The molecule has 2 aliphatic rings. The molecule has 0 atom stereocenters. The van der Waals surface area contributed by atoms with Gasteiger partial charge < -0.3 is 24.8 Å². The van der Waals surface area contributed by atoms with Crippen LogP contribution in [0.1, 0.15) is 46.9 Å². The first-order valence-electron chi connectivity index (χ1n) is 9.58. The van der Waals surface area contributed by atoms with Crippen LogP contribution in [0.15, 0.2) is 48.5 Å². The average molecular weight is 516 g/mol. The topological polar surface area (TPSA) is 29.1 Å². The first-order chi connectivity index (χ1) is 12.1. The van der Waals surface area contributed by atoms with Crippen molar-refractivity contribution in [2.45, 2.75) is 45.0 Å². The smallest absolute Gasteiger partial charge is 0.0149 e. The number of fused-ring (bicyclic) bond motifs is 3. The van der Waals surface area contributed by atoms with Crippen LogP contribution in [0.25, 0.3) is 11.1 Å². The summed E-state index contributed by atoms with van der Waals surface area (Å²) < 4.78 is 8.81. The van der Waals surface area contributed by atoms with E-state index in [1.54, 1.807) is 0 Å². The third-order valence-corrected chi connectivity index (χ3v) is 13.2. The molecule has 1 amide bonds. The molecule has 0 heterocycles. The van der Waals surface area contributed by atoms with Crippen molar-refractivity contribution in [2.75, 3.05) is 0 Å². The first-order valence-corrected chi connectivity index (χ1v) is 17.1. The summed E-state index contributed by atoms with van der Waals surface area (Å²) >= 11 is -2.90. The van der Waals surface area contributed by atoms with Crippen LogP contribution in [0.3, 0.4) is 0 Å². The molecule has 0 bridgehead atoms. The third-order valence-electron chi connectivity index (χ3n) is 5.98. The SMILES string of the molecule is [CH3][Zr+2]([CH3])([NH]C(=O)C1CCCCC1)[CH]1c2ccccc2-c2ccccc21.[Cl-].[Cl-].[SiH4]. The second-order valence-electron chi connectivity index (χ2n) is 8.15. The molecule has 2 aromatic carbocycles. The number of carbonyl (C=O) groups excluding carboxylic acids is 1. The summed E-state index contributed by atoms with van der Waals surface area (Å²) in [6, 6.07) is 17.5. The van der Waals surface area contributed by atoms with Gasteiger partial charge in [-0.2, -0.15) is 0 Å². The van der Waals surface area contributed by atoms with Crippen LogP contribution >= 0.6 is 0 Å². The summed E-state index contributed by atoms with van der Waals surface area (Å²) in [4.78, 5) is 12.9. The molecule has 152 valence electrons. The Morgan fingerprint density at radius 2 is 1.32 bits per heavy atom. The predicted octanol–water partition coefficient (Wildman–Crippen LogP) is -1.83. The van der Waals surface area contributed by atoms with Crippen molar-refractivity contribution < 1.29 is 50.2 Å². The van der Waals surface area contributed by atoms with E-state index in [0.717, 1.165) is 12.8 Å². The molecular formula is C22H31Cl2NOSiZr. The molecule has 0 aromatic heterocycles. The van der Waals surface area contributed by atoms with Crippen LogP contribution in [0.5, 0.6) is 0 Å². The standard InChI is InChI=1S/C13H9.C7H13NO.2CH3.2ClH.H4Si.Zr/c1-3-7-12-10(5-1)9-11-6-2-4-8-13(11)12;8-7(9)6-4-2-1-3-5-6;;;;;;/h1-9H;6H,1-5H2,(H2,8,9);2*1H3;2*1H;1H4;/q;;;;;;;+3/p-3. The minimum atomic E-state index is -2.90. The number of halogens is 2.